The van der Waals surface area contributed by atoms with Crippen LogP contribution in [0.15, 0.2) is 36.7 Å². The van der Waals surface area contributed by atoms with Crippen molar-refractivity contribution in [1.82, 2.24) is 9.55 Å². The van der Waals surface area contributed by atoms with E-state index in [1.807, 2.05) is 0 Å². The Morgan fingerprint density at radius 2 is 2.17 bits per heavy atom. The number of rotatable bonds is 7. The molecule has 1 heterocycles. The lowest BCUT2D eigenvalue weighted by Crippen LogP contribution is -2.20. The number of nitrogens with one attached hydrogen (secondary N) is 1. The number of ether oxygens (including phenoxy) is 1. The molecule has 9 heteroatoms. The summed E-state index contributed by atoms with van der Waals surface area (Å²) in [4.78, 5) is 24.5. The van der Waals surface area contributed by atoms with E-state index in [0.717, 1.165) is 4.57 Å². The van der Waals surface area contributed by atoms with Gasteiger partial charge in [-0.3, -0.25) is 4.79 Å². The first kappa shape index (κ1) is 16.4. The number of nitro groups is 1. The number of aromatic nitrogens is 2. The Balaban J connectivity index is 1.86. The molecule has 0 bridgehead atoms. The van der Waals surface area contributed by atoms with Gasteiger partial charge in [0.15, 0.2) is 6.17 Å². The number of anilines is 1. The predicted octanol–water partition coefficient (Wildman–Crippen LogP) is 2.17. The first-order valence-electron chi connectivity index (χ1n) is 6.75. The molecule has 1 aromatic carbocycles. The zero-order valence-corrected chi connectivity index (χ0v) is 12.3. The van der Waals surface area contributed by atoms with Gasteiger partial charge in [0.1, 0.15) is 31.3 Å². The number of carbonyl (C=O) groups is 1. The van der Waals surface area contributed by atoms with Crippen molar-refractivity contribution in [3.63, 3.8) is 0 Å². The van der Waals surface area contributed by atoms with Crippen LogP contribution in [-0.4, -0.2) is 33.2 Å². The van der Waals surface area contributed by atoms with Crippen LogP contribution in [0.1, 0.15) is 6.92 Å². The molecule has 0 aliphatic carbocycles. The van der Waals surface area contributed by atoms with Crippen molar-refractivity contribution in [1.29, 1.82) is 0 Å². The monoisotopic (exact) mass is 321 g/mol. The summed E-state index contributed by atoms with van der Waals surface area (Å²) in [6.45, 7) is 0.919. The minimum Gasteiger partial charge on any atom is -0.490 e. The number of carbonyl (C=O) groups excluding carboxylic acids is 1. The predicted molar refractivity (Wildman–Crippen MR) is 80.0 cm³/mol. The summed E-state index contributed by atoms with van der Waals surface area (Å²) >= 11 is 0. The maximum absolute atomic E-state index is 13.9. The second-order valence-corrected chi connectivity index (χ2v) is 4.75. The number of nitrogens with zero attached hydrogens (tertiary/aromatic N) is 3. The van der Waals surface area contributed by atoms with Gasteiger partial charge in [0.25, 0.3) is 0 Å². The van der Waals surface area contributed by atoms with Crippen LogP contribution < -0.4 is 10.1 Å². The highest BCUT2D eigenvalue weighted by atomic mass is 18.2. The standard InChI is InChI=1S/C14H15FN4O4/c1-10(20)17-12-2-4-13(5-3-12)23-9-11(15)8-18-7-6-16-14(18)19(21)22/h2-7,11H,8-9H2,1H3,(H,17,20)/i15-1. The Bertz CT molecular complexity index is 686. The first-order chi connectivity index (χ1) is 11.0. The molecule has 2 aromatic rings. The van der Waals surface area contributed by atoms with Gasteiger partial charge in [0.2, 0.25) is 5.91 Å². The average molecular weight is 321 g/mol. The minimum absolute atomic E-state index is 0.190. The molecule has 1 N–H and O–H groups in total. The molecule has 0 saturated heterocycles. The minimum atomic E-state index is -1.43. The Hall–Kier alpha value is -2.97. The molecular weight excluding hydrogens is 306 g/mol. The van der Waals surface area contributed by atoms with E-state index in [4.69, 9.17) is 4.74 Å². The number of alkyl halides is 1. The van der Waals surface area contributed by atoms with Crippen molar-refractivity contribution in [3.8, 4) is 5.75 Å². The molecular formula is C14H15FN4O4. The van der Waals surface area contributed by atoms with Crippen molar-refractivity contribution in [2.75, 3.05) is 11.9 Å². The van der Waals surface area contributed by atoms with E-state index in [1.54, 1.807) is 24.3 Å². The van der Waals surface area contributed by atoms with Crippen LogP contribution in [-0.2, 0) is 11.3 Å². The van der Waals surface area contributed by atoms with Crippen LogP contribution in [0.4, 0.5) is 16.0 Å². The van der Waals surface area contributed by atoms with E-state index in [1.165, 1.54) is 19.3 Å². The summed E-state index contributed by atoms with van der Waals surface area (Å²) in [5, 5.41) is 13.3. The van der Waals surface area contributed by atoms with Gasteiger partial charge in [0, 0.05) is 12.6 Å². The fraction of sp³-hybridized carbons (Fsp3) is 0.286. The first-order valence-corrected chi connectivity index (χ1v) is 6.75. The Morgan fingerprint density at radius 3 is 2.78 bits per heavy atom. The van der Waals surface area contributed by atoms with Crippen molar-refractivity contribution < 1.29 is 18.8 Å². The van der Waals surface area contributed by atoms with E-state index in [2.05, 4.69) is 10.3 Å². The number of hydrogen-bond acceptors (Lipinski definition) is 5. The summed E-state index contributed by atoms with van der Waals surface area (Å²) in [6, 6.07) is 6.45. The van der Waals surface area contributed by atoms with Gasteiger partial charge in [-0.1, -0.05) is 4.98 Å². The van der Waals surface area contributed by atoms with Crippen molar-refractivity contribution >= 4 is 17.5 Å². The quantitative estimate of drug-likeness (QED) is 0.622. The maximum atomic E-state index is 13.9. The van der Waals surface area contributed by atoms with Crippen LogP contribution in [0.25, 0.3) is 0 Å². The van der Waals surface area contributed by atoms with Crippen LogP contribution in [0, 0.1) is 10.1 Å². The molecule has 0 saturated carbocycles. The van der Waals surface area contributed by atoms with Gasteiger partial charge in [-0.25, -0.2) is 8.96 Å². The molecule has 1 unspecified atom stereocenters. The lowest BCUT2D eigenvalue weighted by molar-refractivity contribution is -0.396. The molecule has 0 spiro atoms. The average Bonchev–Trinajstić information content (AvgIpc) is 2.94. The van der Waals surface area contributed by atoms with Crippen LogP contribution >= 0.6 is 0 Å². The molecule has 122 valence electrons. The van der Waals surface area contributed by atoms with Crippen molar-refractivity contribution in [2.24, 2.45) is 0 Å². The van der Waals surface area contributed by atoms with E-state index < -0.39 is 17.0 Å². The van der Waals surface area contributed by atoms with Gasteiger partial charge in [-0.2, -0.15) is 0 Å². The van der Waals surface area contributed by atoms with E-state index in [9.17, 15) is 19.3 Å². The molecule has 0 radical (unpaired) electrons. The second-order valence-electron chi connectivity index (χ2n) is 4.75. The zero-order chi connectivity index (χ0) is 16.8. The lowest BCUT2D eigenvalue weighted by atomic mass is 10.3. The number of amides is 1. The number of imidazole rings is 1. The summed E-state index contributed by atoms with van der Waals surface area (Å²) in [6.07, 6.45) is 1.15. The van der Waals surface area contributed by atoms with Gasteiger partial charge >= 0.3 is 5.95 Å². The molecule has 1 aromatic heterocycles. The SMILES string of the molecule is CC(=O)Nc1ccc(OCC([18F])Cn2ccnc2[N+](=O)[O-])cc1. The van der Waals surface area contributed by atoms with E-state index in [-0.39, 0.29) is 19.1 Å². The second kappa shape index (κ2) is 7.34. The molecule has 0 aliphatic heterocycles. The third-order valence-electron chi connectivity index (χ3n) is 2.86. The highest BCUT2D eigenvalue weighted by Gasteiger charge is 2.19. The van der Waals surface area contributed by atoms with Gasteiger partial charge in [-0.15, -0.1) is 0 Å². The van der Waals surface area contributed by atoms with Crippen LogP contribution in [0.3, 0.4) is 0 Å². The maximum Gasteiger partial charge on any atom is 0.434 e. The normalized spacial score (nSPS) is 11.7. The van der Waals surface area contributed by atoms with Crippen LogP contribution in [0.5, 0.6) is 5.75 Å². The smallest absolute Gasteiger partial charge is 0.434 e. The van der Waals surface area contributed by atoms with Crippen LogP contribution in [0.2, 0.25) is 0 Å². The number of halogens is 1. The highest BCUT2D eigenvalue weighted by Crippen LogP contribution is 2.17. The summed E-state index contributed by atoms with van der Waals surface area (Å²) in [5.74, 6) is -0.168. The molecule has 8 nitrogen and oxygen atoms in total. The fourth-order valence-corrected chi connectivity index (χ4v) is 1.91. The Morgan fingerprint density at radius 1 is 1.48 bits per heavy atom. The van der Waals surface area contributed by atoms with Gasteiger partial charge in [-0.05, 0) is 29.2 Å². The Labute approximate surface area is 131 Å². The third kappa shape index (κ3) is 4.77. The highest BCUT2D eigenvalue weighted by molar-refractivity contribution is 5.88. The van der Waals surface area contributed by atoms with Gasteiger partial charge in [0.05, 0.1) is 0 Å². The summed E-state index contributed by atoms with van der Waals surface area (Å²) < 4.78 is 20.3. The third-order valence-corrected chi connectivity index (χ3v) is 2.86. The van der Waals surface area contributed by atoms with Crippen molar-refractivity contribution in [2.45, 2.75) is 19.6 Å². The fourth-order valence-electron chi connectivity index (χ4n) is 1.91. The lowest BCUT2D eigenvalue weighted by Gasteiger charge is -2.10. The number of hydrogen-bond donors (Lipinski definition) is 1. The molecule has 0 aliphatic rings. The molecule has 2 rings (SSSR count). The number of benzene rings is 1. The van der Waals surface area contributed by atoms with E-state index in [0.29, 0.717) is 11.4 Å². The Kier molecular flexibility index (Phi) is 5.23. The topological polar surface area (TPSA) is 99.3 Å². The molecule has 23 heavy (non-hydrogen) atoms. The van der Waals surface area contributed by atoms with Gasteiger partial charge < -0.3 is 20.2 Å². The van der Waals surface area contributed by atoms with Crippen molar-refractivity contribution in [3.05, 3.63) is 46.8 Å². The summed E-state index contributed by atoms with van der Waals surface area (Å²) in [7, 11) is 0. The molecule has 1 amide bonds. The molecule has 1 atom stereocenters. The summed E-state index contributed by atoms with van der Waals surface area (Å²) in [5.41, 5.74) is 0.607. The molecule has 0 fully saturated rings. The largest absolute Gasteiger partial charge is 0.490 e. The zero-order valence-electron chi connectivity index (χ0n) is 12.3. The van der Waals surface area contributed by atoms with E-state index >= 15 is 0 Å².